The number of benzene rings is 2. The van der Waals surface area contributed by atoms with Gasteiger partial charge in [-0.3, -0.25) is 9.71 Å². The molecule has 24 heavy (non-hydrogen) atoms. The fraction of sp³-hybridized carbons (Fsp3) is 0. The fourth-order valence-corrected chi connectivity index (χ4v) is 3.15. The number of aromatic hydroxyl groups is 1. The third kappa shape index (κ3) is 2.82. The average molecular weight is 350 g/mol. The van der Waals surface area contributed by atoms with Gasteiger partial charge in [0.2, 0.25) is 0 Å². The van der Waals surface area contributed by atoms with Crippen LogP contribution in [0.15, 0.2) is 50.5 Å². The molecule has 0 bridgehead atoms. The largest absolute Gasteiger partial charge is 0.507 e. The predicted octanol–water partition coefficient (Wildman–Crippen LogP) is 1.33. The molecule has 1 heterocycles. The van der Waals surface area contributed by atoms with E-state index in [0.29, 0.717) is 5.52 Å². The highest BCUT2D eigenvalue weighted by molar-refractivity contribution is 7.92. The molecule has 0 saturated carbocycles. The SMILES string of the molecule is O=C(O)c1ccc(NS(=O)(=O)c2ccc3[nH]c(=O)oc3c2)cc1O. The van der Waals surface area contributed by atoms with Gasteiger partial charge in [-0.2, -0.15) is 0 Å². The van der Waals surface area contributed by atoms with Gasteiger partial charge in [0.25, 0.3) is 10.0 Å². The van der Waals surface area contributed by atoms with Crippen LogP contribution >= 0.6 is 0 Å². The van der Waals surface area contributed by atoms with E-state index in [0.717, 1.165) is 12.1 Å². The van der Waals surface area contributed by atoms with Crippen LogP contribution in [0.5, 0.6) is 5.75 Å². The molecule has 3 rings (SSSR count). The molecular weight excluding hydrogens is 340 g/mol. The van der Waals surface area contributed by atoms with Crippen LogP contribution in [-0.2, 0) is 10.0 Å². The van der Waals surface area contributed by atoms with E-state index < -0.39 is 27.5 Å². The quantitative estimate of drug-likeness (QED) is 0.554. The van der Waals surface area contributed by atoms with Crippen molar-refractivity contribution in [1.82, 2.24) is 4.98 Å². The Morgan fingerprint density at radius 2 is 1.92 bits per heavy atom. The van der Waals surface area contributed by atoms with E-state index in [9.17, 15) is 23.1 Å². The van der Waals surface area contributed by atoms with E-state index >= 15 is 0 Å². The minimum Gasteiger partial charge on any atom is -0.507 e. The summed E-state index contributed by atoms with van der Waals surface area (Å²) in [7, 11) is -4.03. The van der Waals surface area contributed by atoms with Crippen molar-refractivity contribution in [3.63, 3.8) is 0 Å². The fourth-order valence-electron chi connectivity index (χ4n) is 2.08. The van der Waals surface area contributed by atoms with Crippen molar-refractivity contribution in [2.24, 2.45) is 0 Å². The number of carboxylic acids is 1. The first-order chi connectivity index (χ1) is 11.3. The molecule has 0 amide bonds. The van der Waals surface area contributed by atoms with E-state index in [1.807, 2.05) is 0 Å². The van der Waals surface area contributed by atoms with Gasteiger partial charge in [0.15, 0.2) is 5.58 Å². The van der Waals surface area contributed by atoms with Crippen LogP contribution in [-0.4, -0.2) is 29.6 Å². The number of fused-ring (bicyclic) bond motifs is 1. The summed E-state index contributed by atoms with van der Waals surface area (Å²) in [5.41, 5.74) is 0.0518. The molecule has 3 aromatic rings. The van der Waals surface area contributed by atoms with Crippen LogP contribution in [0.1, 0.15) is 10.4 Å². The van der Waals surface area contributed by atoms with Crippen molar-refractivity contribution in [2.45, 2.75) is 4.90 Å². The zero-order chi connectivity index (χ0) is 17.5. The van der Waals surface area contributed by atoms with Gasteiger partial charge < -0.3 is 14.6 Å². The number of H-pyrrole nitrogens is 1. The van der Waals surface area contributed by atoms with Crippen LogP contribution in [0.25, 0.3) is 11.1 Å². The zero-order valence-electron chi connectivity index (χ0n) is 11.8. The molecule has 0 unspecified atom stereocenters. The number of oxazole rings is 1. The summed E-state index contributed by atoms with van der Waals surface area (Å²) >= 11 is 0. The van der Waals surface area contributed by atoms with Gasteiger partial charge in [0.05, 0.1) is 16.1 Å². The highest BCUT2D eigenvalue weighted by atomic mass is 32.2. The Bertz CT molecular complexity index is 1110. The maximum Gasteiger partial charge on any atom is 0.417 e. The predicted molar refractivity (Wildman–Crippen MR) is 82.7 cm³/mol. The summed E-state index contributed by atoms with van der Waals surface area (Å²) < 4.78 is 31.7. The van der Waals surface area contributed by atoms with Gasteiger partial charge in [0, 0.05) is 12.1 Å². The van der Waals surface area contributed by atoms with Gasteiger partial charge >= 0.3 is 11.7 Å². The number of nitrogens with one attached hydrogen (secondary N) is 2. The number of carboxylic acid groups (broad SMARTS) is 1. The number of hydrogen-bond donors (Lipinski definition) is 4. The molecule has 0 spiro atoms. The second-order valence-electron chi connectivity index (χ2n) is 4.82. The lowest BCUT2D eigenvalue weighted by molar-refractivity contribution is 0.0694. The van der Waals surface area contributed by atoms with Crippen molar-refractivity contribution in [1.29, 1.82) is 0 Å². The number of rotatable bonds is 4. The highest BCUT2D eigenvalue weighted by Crippen LogP contribution is 2.25. The smallest absolute Gasteiger partial charge is 0.417 e. The number of carbonyl (C=O) groups is 1. The third-order valence-corrected chi connectivity index (χ3v) is 4.56. The van der Waals surface area contributed by atoms with Gasteiger partial charge in [-0.15, -0.1) is 0 Å². The van der Waals surface area contributed by atoms with Gasteiger partial charge in [0.1, 0.15) is 11.3 Å². The van der Waals surface area contributed by atoms with E-state index in [4.69, 9.17) is 9.52 Å². The number of aromatic amines is 1. The van der Waals surface area contributed by atoms with Crippen molar-refractivity contribution < 1.29 is 27.8 Å². The van der Waals surface area contributed by atoms with Crippen molar-refractivity contribution >= 4 is 32.8 Å². The topological polar surface area (TPSA) is 150 Å². The number of sulfonamides is 1. The Hall–Kier alpha value is -3.27. The zero-order valence-corrected chi connectivity index (χ0v) is 12.6. The van der Waals surface area contributed by atoms with E-state index in [1.54, 1.807) is 0 Å². The first-order valence-corrected chi connectivity index (χ1v) is 7.96. The molecule has 0 fully saturated rings. The maximum absolute atomic E-state index is 12.3. The van der Waals surface area contributed by atoms with Crippen LogP contribution in [0.2, 0.25) is 0 Å². The summed E-state index contributed by atoms with van der Waals surface area (Å²) in [4.78, 5) is 24.1. The minimum atomic E-state index is -4.03. The molecule has 2 aromatic carbocycles. The molecule has 1 aromatic heterocycles. The van der Waals surface area contributed by atoms with Crippen molar-refractivity contribution in [2.75, 3.05) is 4.72 Å². The standard InChI is InChI=1S/C14H10N2O7S/c17-11-5-7(1-3-9(11)13(18)19)16-24(21,22)8-2-4-10-12(6-8)23-14(20)15-10/h1-6,16-17H,(H,15,20)(H,18,19). The number of anilines is 1. The Kier molecular flexibility index (Phi) is 3.53. The molecule has 9 nitrogen and oxygen atoms in total. The van der Waals surface area contributed by atoms with Crippen molar-refractivity contribution in [3.8, 4) is 5.75 Å². The molecule has 4 N–H and O–H groups in total. The summed E-state index contributed by atoms with van der Waals surface area (Å²) in [6.07, 6.45) is 0. The van der Waals surface area contributed by atoms with Crippen molar-refractivity contribution in [3.05, 3.63) is 52.5 Å². The summed E-state index contributed by atoms with van der Waals surface area (Å²) in [5, 5.41) is 18.4. The molecule has 0 radical (unpaired) electrons. The number of aromatic nitrogens is 1. The third-order valence-electron chi connectivity index (χ3n) is 3.18. The first-order valence-electron chi connectivity index (χ1n) is 6.48. The minimum absolute atomic E-state index is 0.0203. The molecule has 0 aliphatic heterocycles. The molecular formula is C14H10N2O7S. The van der Waals surface area contributed by atoms with Crippen LogP contribution < -0.4 is 10.5 Å². The lowest BCUT2D eigenvalue weighted by atomic mass is 10.2. The summed E-state index contributed by atoms with van der Waals surface area (Å²) in [6.45, 7) is 0. The van der Waals surface area contributed by atoms with Crippen LogP contribution in [0.3, 0.4) is 0 Å². The number of aromatic carboxylic acids is 1. The Morgan fingerprint density at radius 1 is 1.17 bits per heavy atom. The van der Waals surface area contributed by atoms with E-state index in [-0.39, 0.29) is 21.7 Å². The van der Waals surface area contributed by atoms with E-state index in [1.165, 1.54) is 24.3 Å². The second kappa shape index (κ2) is 5.42. The summed E-state index contributed by atoms with van der Waals surface area (Å²) in [6, 6.07) is 7.07. The second-order valence-corrected chi connectivity index (χ2v) is 6.50. The van der Waals surface area contributed by atoms with Crippen LogP contribution in [0.4, 0.5) is 5.69 Å². The number of hydrogen-bond acceptors (Lipinski definition) is 6. The molecule has 0 saturated heterocycles. The van der Waals surface area contributed by atoms with Gasteiger partial charge in [-0.05, 0) is 24.3 Å². The molecule has 124 valence electrons. The van der Waals surface area contributed by atoms with Gasteiger partial charge in [-0.25, -0.2) is 18.0 Å². The Balaban J connectivity index is 1.96. The Labute approximate surface area is 134 Å². The summed E-state index contributed by atoms with van der Waals surface area (Å²) in [5.74, 6) is -2.62. The average Bonchev–Trinajstić information content (AvgIpc) is 2.85. The van der Waals surface area contributed by atoms with Gasteiger partial charge in [-0.1, -0.05) is 0 Å². The monoisotopic (exact) mass is 350 g/mol. The molecule has 0 aliphatic carbocycles. The number of phenols is 1. The maximum atomic E-state index is 12.3. The lowest BCUT2D eigenvalue weighted by Gasteiger charge is -2.09. The Morgan fingerprint density at radius 3 is 2.58 bits per heavy atom. The molecule has 0 aliphatic rings. The highest BCUT2D eigenvalue weighted by Gasteiger charge is 2.18. The molecule has 10 heteroatoms. The lowest BCUT2D eigenvalue weighted by Crippen LogP contribution is -2.13. The van der Waals surface area contributed by atoms with Crippen LogP contribution in [0, 0.1) is 0 Å². The van der Waals surface area contributed by atoms with E-state index in [2.05, 4.69) is 9.71 Å². The normalized spacial score (nSPS) is 11.5. The first kappa shape index (κ1) is 15.6. The molecule has 0 atom stereocenters.